The molecule has 0 saturated carbocycles. The monoisotopic (exact) mass is 878 g/mol. The number of fused-ring (bicyclic) bond motifs is 9. The van der Waals surface area contributed by atoms with Gasteiger partial charge in [0.1, 0.15) is 11.2 Å². The third kappa shape index (κ3) is 6.79. The van der Waals surface area contributed by atoms with E-state index in [0.29, 0.717) is 17.5 Å². The standard InChI is InChI=1S/C64H38N4O/c1-3-12-44-31-51-33-48(24-22-46(51)29-42(44)10-1)53-35-54(49-25-23-47-30-43-11-2-4-13-45(43)32-52(47)34-49)37-55(36-53)63-66-62(41-20-18-39(19-21-41)50-14-8-28-65-38-50)67-64(68-63)58-17-7-16-57-60-56-15-6-5-9-40(56)26-27-59(60)69-61(57)58/h1-38H. The Morgan fingerprint density at radius 2 is 0.797 bits per heavy atom. The second-order valence-corrected chi connectivity index (χ2v) is 17.9. The number of rotatable bonds is 6. The number of nitrogens with zero attached hydrogens (tertiary/aromatic N) is 4. The first-order valence-electron chi connectivity index (χ1n) is 23.2. The van der Waals surface area contributed by atoms with E-state index in [-0.39, 0.29) is 0 Å². The van der Waals surface area contributed by atoms with Gasteiger partial charge in [-0.05, 0) is 160 Å². The predicted octanol–water partition coefficient (Wildman–Crippen LogP) is 16.9. The molecule has 0 aliphatic rings. The summed E-state index contributed by atoms with van der Waals surface area (Å²) in [5, 5.41) is 14.0. The highest BCUT2D eigenvalue weighted by Crippen LogP contribution is 2.41. The van der Waals surface area contributed by atoms with Crippen LogP contribution in [-0.4, -0.2) is 19.9 Å². The second kappa shape index (κ2) is 15.7. The first kappa shape index (κ1) is 38.9. The summed E-state index contributed by atoms with van der Waals surface area (Å²) < 4.78 is 6.77. The number of furan rings is 1. The fourth-order valence-corrected chi connectivity index (χ4v) is 10.2. The first-order chi connectivity index (χ1) is 34.1. The fourth-order valence-electron chi connectivity index (χ4n) is 10.2. The van der Waals surface area contributed by atoms with Gasteiger partial charge in [0.25, 0.3) is 0 Å². The van der Waals surface area contributed by atoms with Crippen LogP contribution in [0.2, 0.25) is 0 Å². The summed E-state index contributed by atoms with van der Waals surface area (Å²) in [5.41, 5.74) is 10.5. The maximum atomic E-state index is 6.77. The van der Waals surface area contributed by atoms with E-state index in [2.05, 4.69) is 217 Å². The van der Waals surface area contributed by atoms with Gasteiger partial charge < -0.3 is 4.42 Å². The molecule has 3 aromatic heterocycles. The Labute approximate surface area is 396 Å². The fraction of sp³-hybridized carbons (Fsp3) is 0. The molecule has 5 nitrogen and oxygen atoms in total. The van der Waals surface area contributed by atoms with Crippen LogP contribution < -0.4 is 0 Å². The molecule has 11 aromatic carbocycles. The highest BCUT2D eigenvalue weighted by atomic mass is 16.3. The molecule has 14 rings (SSSR count). The van der Waals surface area contributed by atoms with Crippen LogP contribution in [0, 0.1) is 0 Å². The van der Waals surface area contributed by atoms with Crippen LogP contribution in [0.4, 0.5) is 0 Å². The van der Waals surface area contributed by atoms with E-state index in [1.165, 1.54) is 43.1 Å². The number of hydrogen-bond acceptors (Lipinski definition) is 5. The summed E-state index contributed by atoms with van der Waals surface area (Å²) in [7, 11) is 0. The van der Waals surface area contributed by atoms with Crippen molar-refractivity contribution in [3.63, 3.8) is 0 Å². The number of pyridine rings is 1. The SMILES string of the molecule is c1cncc(-c2ccc(-c3nc(-c4cc(-c5ccc6cc7ccccc7cc6c5)cc(-c5ccc6cc7ccccc7cc6c5)c4)nc(-c4cccc5c4oc4ccc6ccccc6c45)n3)cc2)c1. The van der Waals surface area contributed by atoms with Gasteiger partial charge in [0.05, 0.1) is 5.56 Å². The van der Waals surface area contributed by atoms with Gasteiger partial charge in [-0.1, -0.05) is 146 Å². The molecule has 0 unspecified atom stereocenters. The van der Waals surface area contributed by atoms with E-state index in [1.54, 1.807) is 6.20 Å². The lowest BCUT2D eigenvalue weighted by Gasteiger charge is -2.14. The van der Waals surface area contributed by atoms with Gasteiger partial charge in [-0.3, -0.25) is 4.98 Å². The minimum absolute atomic E-state index is 0.530. The molecular formula is C64H38N4O. The van der Waals surface area contributed by atoms with E-state index in [4.69, 9.17) is 19.4 Å². The first-order valence-corrected chi connectivity index (χ1v) is 23.2. The lowest BCUT2D eigenvalue weighted by atomic mass is 9.92. The summed E-state index contributed by atoms with van der Waals surface area (Å²) in [6, 6.07) is 77.8. The normalized spacial score (nSPS) is 11.8. The van der Waals surface area contributed by atoms with Crippen LogP contribution in [0.3, 0.4) is 0 Å². The van der Waals surface area contributed by atoms with Crippen molar-refractivity contribution in [3.05, 3.63) is 231 Å². The minimum Gasteiger partial charge on any atom is -0.455 e. The third-order valence-corrected chi connectivity index (χ3v) is 13.7. The van der Waals surface area contributed by atoms with Crippen molar-refractivity contribution in [3.8, 4) is 67.5 Å². The maximum absolute atomic E-state index is 6.77. The largest absolute Gasteiger partial charge is 0.455 e. The molecular weight excluding hydrogens is 841 g/mol. The second-order valence-electron chi connectivity index (χ2n) is 17.9. The Kier molecular flexibility index (Phi) is 8.83. The van der Waals surface area contributed by atoms with Crippen molar-refractivity contribution in [1.82, 2.24) is 19.9 Å². The molecule has 0 atom stereocenters. The number of aromatic nitrogens is 4. The van der Waals surface area contributed by atoms with Gasteiger partial charge in [-0.2, -0.15) is 0 Å². The van der Waals surface area contributed by atoms with Gasteiger partial charge in [-0.15, -0.1) is 0 Å². The smallest absolute Gasteiger partial charge is 0.167 e. The average Bonchev–Trinajstić information content (AvgIpc) is 3.81. The van der Waals surface area contributed by atoms with Gasteiger partial charge >= 0.3 is 0 Å². The summed E-state index contributed by atoms with van der Waals surface area (Å²) in [4.78, 5) is 20.4. The van der Waals surface area contributed by atoms with Crippen molar-refractivity contribution >= 4 is 75.8 Å². The molecule has 14 aromatic rings. The van der Waals surface area contributed by atoms with Crippen molar-refractivity contribution < 1.29 is 4.42 Å². The molecule has 0 N–H and O–H groups in total. The summed E-state index contributed by atoms with van der Waals surface area (Å²) in [5.74, 6) is 1.66. The van der Waals surface area contributed by atoms with E-state index < -0.39 is 0 Å². The molecule has 69 heavy (non-hydrogen) atoms. The number of benzene rings is 11. The topological polar surface area (TPSA) is 64.7 Å². The molecule has 0 spiro atoms. The Balaban J connectivity index is 0.994. The van der Waals surface area contributed by atoms with Crippen molar-refractivity contribution in [2.45, 2.75) is 0 Å². The van der Waals surface area contributed by atoms with Crippen molar-refractivity contribution in [2.75, 3.05) is 0 Å². The van der Waals surface area contributed by atoms with Crippen LogP contribution in [-0.2, 0) is 0 Å². The average molecular weight is 879 g/mol. The highest BCUT2D eigenvalue weighted by molar-refractivity contribution is 6.20. The zero-order valence-electron chi connectivity index (χ0n) is 37.1. The number of hydrogen-bond donors (Lipinski definition) is 0. The molecule has 0 aliphatic heterocycles. The van der Waals surface area contributed by atoms with Crippen LogP contribution in [0.15, 0.2) is 235 Å². The summed E-state index contributed by atoms with van der Waals surface area (Å²) in [6.45, 7) is 0. The van der Waals surface area contributed by atoms with E-state index in [1.807, 2.05) is 12.3 Å². The molecule has 0 radical (unpaired) electrons. The summed E-state index contributed by atoms with van der Waals surface area (Å²) in [6.07, 6.45) is 3.67. The van der Waals surface area contributed by atoms with Crippen LogP contribution in [0.5, 0.6) is 0 Å². The minimum atomic E-state index is 0.530. The Bertz CT molecular complexity index is 4230. The van der Waals surface area contributed by atoms with Crippen LogP contribution in [0.1, 0.15) is 0 Å². The molecule has 3 heterocycles. The quantitative estimate of drug-likeness (QED) is 0.156. The number of para-hydroxylation sites is 1. The Hall–Kier alpha value is -9.32. The van der Waals surface area contributed by atoms with E-state index in [9.17, 15) is 0 Å². The van der Waals surface area contributed by atoms with Gasteiger partial charge in [0, 0.05) is 34.3 Å². The lowest BCUT2D eigenvalue weighted by Crippen LogP contribution is -2.01. The van der Waals surface area contributed by atoms with Gasteiger partial charge in [0.15, 0.2) is 17.5 Å². The molecule has 0 bridgehead atoms. The van der Waals surface area contributed by atoms with Crippen molar-refractivity contribution in [2.24, 2.45) is 0 Å². The highest BCUT2D eigenvalue weighted by Gasteiger charge is 2.20. The van der Waals surface area contributed by atoms with Crippen LogP contribution in [0.25, 0.3) is 143 Å². The zero-order valence-corrected chi connectivity index (χ0v) is 37.1. The molecule has 5 heteroatoms. The molecule has 0 saturated heterocycles. The molecule has 0 aliphatic carbocycles. The predicted molar refractivity (Wildman–Crippen MR) is 285 cm³/mol. The van der Waals surface area contributed by atoms with Gasteiger partial charge in [0.2, 0.25) is 0 Å². The van der Waals surface area contributed by atoms with Crippen molar-refractivity contribution in [1.29, 1.82) is 0 Å². The Morgan fingerprint density at radius 3 is 1.43 bits per heavy atom. The van der Waals surface area contributed by atoms with E-state index >= 15 is 0 Å². The molecule has 0 fully saturated rings. The zero-order chi connectivity index (χ0) is 45.4. The third-order valence-electron chi connectivity index (χ3n) is 13.7. The van der Waals surface area contributed by atoms with Gasteiger partial charge in [-0.25, -0.2) is 15.0 Å². The molecule has 320 valence electrons. The van der Waals surface area contributed by atoms with E-state index in [0.717, 1.165) is 82.8 Å². The lowest BCUT2D eigenvalue weighted by molar-refractivity contribution is 0.670. The maximum Gasteiger partial charge on any atom is 0.167 e. The summed E-state index contributed by atoms with van der Waals surface area (Å²) >= 11 is 0. The molecule has 0 amide bonds. The van der Waals surface area contributed by atoms with Crippen LogP contribution >= 0.6 is 0 Å². The Morgan fingerprint density at radius 1 is 0.290 bits per heavy atom.